The molecule has 62 heavy (non-hydrogen) atoms. The second-order valence-corrected chi connectivity index (χ2v) is 18.6. The molecule has 3 nitrogen and oxygen atoms in total. The topological polar surface area (TPSA) is 29.5 Å². The maximum atomic E-state index is 7.08. The summed E-state index contributed by atoms with van der Waals surface area (Å²) in [5.41, 5.74) is 18.8. The highest BCUT2D eigenvalue weighted by molar-refractivity contribution is 7.99. The average Bonchev–Trinajstić information content (AvgIpc) is 4.02. The maximum absolute atomic E-state index is 7.08. The molecule has 0 atom stereocenters. The molecular weight excluding hydrogens is 775 g/mol. The van der Waals surface area contributed by atoms with Gasteiger partial charge in [0.1, 0.15) is 16.7 Å². The van der Waals surface area contributed by atoms with Crippen LogP contribution in [0.15, 0.2) is 207 Å². The van der Waals surface area contributed by atoms with Gasteiger partial charge in [-0.2, -0.15) is 0 Å². The lowest BCUT2D eigenvalue weighted by atomic mass is 9.67. The number of nitrogens with zero attached hydrogens (tertiary/aromatic N) is 1. The van der Waals surface area contributed by atoms with E-state index in [1.54, 1.807) is 0 Å². The van der Waals surface area contributed by atoms with Crippen LogP contribution in [0.3, 0.4) is 0 Å². The Balaban J connectivity index is 1.06. The predicted octanol–water partition coefficient (Wildman–Crippen LogP) is 16.1. The molecule has 11 aromatic rings. The highest BCUT2D eigenvalue weighted by Crippen LogP contribution is 2.63. The van der Waals surface area contributed by atoms with Gasteiger partial charge in [-0.1, -0.05) is 153 Å². The van der Waals surface area contributed by atoms with Gasteiger partial charge in [0, 0.05) is 37.1 Å². The van der Waals surface area contributed by atoms with Crippen molar-refractivity contribution >= 4 is 72.7 Å². The Hall–Kier alpha value is -7.27. The van der Waals surface area contributed by atoms with Gasteiger partial charge >= 0.3 is 0 Å². The lowest BCUT2D eigenvalue weighted by molar-refractivity contribution is 0.660. The summed E-state index contributed by atoms with van der Waals surface area (Å²) in [5.74, 6) is 0. The van der Waals surface area contributed by atoms with Gasteiger partial charge in [0.15, 0.2) is 5.58 Å². The summed E-state index contributed by atoms with van der Waals surface area (Å²) in [6.45, 7) is 4.70. The van der Waals surface area contributed by atoms with Crippen LogP contribution >= 0.6 is 11.8 Å². The summed E-state index contributed by atoms with van der Waals surface area (Å²) >= 11 is 1.87. The molecule has 0 amide bonds. The van der Waals surface area contributed by atoms with Gasteiger partial charge in [-0.15, -0.1) is 0 Å². The minimum absolute atomic E-state index is 0.175. The van der Waals surface area contributed by atoms with Crippen molar-refractivity contribution in [3.8, 4) is 22.3 Å². The maximum Gasteiger partial charge on any atom is 0.159 e. The zero-order valence-electron chi connectivity index (χ0n) is 34.1. The van der Waals surface area contributed by atoms with E-state index in [0.29, 0.717) is 0 Å². The first-order valence-electron chi connectivity index (χ1n) is 21.4. The van der Waals surface area contributed by atoms with Gasteiger partial charge < -0.3 is 13.7 Å². The van der Waals surface area contributed by atoms with Crippen molar-refractivity contribution in [3.63, 3.8) is 0 Å². The van der Waals surface area contributed by atoms with Crippen molar-refractivity contribution in [2.75, 3.05) is 4.90 Å². The summed E-state index contributed by atoms with van der Waals surface area (Å²) in [6, 6.07) is 69.0. The lowest BCUT2D eigenvalue weighted by Crippen LogP contribution is -2.31. The van der Waals surface area contributed by atoms with E-state index < -0.39 is 5.41 Å². The zero-order chi connectivity index (χ0) is 40.9. The number of rotatable bonds is 3. The van der Waals surface area contributed by atoms with Crippen LogP contribution in [-0.2, 0) is 10.8 Å². The third-order valence-corrected chi connectivity index (χ3v) is 15.3. The van der Waals surface area contributed by atoms with Gasteiger partial charge in [0.05, 0.1) is 22.2 Å². The van der Waals surface area contributed by atoms with Gasteiger partial charge in [0.2, 0.25) is 0 Å². The molecule has 3 aliphatic rings. The second-order valence-electron chi connectivity index (χ2n) is 17.5. The summed E-state index contributed by atoms with van der Waals surface area (Å²) < 4.78 is 13.9. The van der Waals surface area contributed by atoms with E-state index in [2.05, 4.69) is 201 Å². The van der Waals surface area contributed by atoms with Crippen molar-refractivity contribution < 1.29 is 8.83 Å². The Kier molecular flexibility index (Phi) is 6.77. The van der Waals surface area contributed by atoms with E-state index >= 15 is 0 Å². The van der Waals surface area contributed by atoms with E-state index in [4.69, 9.17) is 8.83 Å². The third-order valence-electron chi connectivity index (χ3n) is 14.1. The van der Waals surface area contributed by atoms with Crippen molar-refractivity contribution in [1.29, 1.82) is 0 Å². The van der Waals surface area contributed by atoms with E-state index in [1.807, 2.05) is 17.8 Å². The van der Waals surface area contributed by atoms with E-state index in [0.717, 1.165) is 60.9 Å². The van der Waals surface area contributed by atoms with Crippen LogP contribution in [0.5, 0.6) is 0 Å². The molecule has 0 radical (unpaired) electrons. The van der Waals surface area contributed by atoms with E-state index in [1.165, 1.54) is 65.4 Å². The summed E-state index contributed by atoms with van der Waals surface area (Å²) in [5, 5.41) is 4.35. The Morgan fingerprint density at radius 2 is 1.02 bits per heavy atom. The Morgan fingerprint density at radius 1 is 0.403 bits per heavy atom. The first-order chi connectivity index (χ1) is 30.5. The fraction of sp³-hybridized carbons (Fsp3) is 0.0690. The van der Waals surface area contributed by atoms with Crippen LogP contribution in [0.25, 0.3) is 66.1 Å². The number of para-hydroxylation sites is 2. The molecule has 0 unspecified atom stereocenters. The third kappa shape index (κ3) is 4.32. The van der Waals surface area contributed by atoms with Crippen molar-refractivity contribution in [1.82, 2.24) is 0 Å². The molecule has 0 bridgehead atoms. The molecule has 2 aliphatic carbocycles. The minimum atomic E-state index is -0.488. The SMILES string of the molecule is CC1(C)c2ccccc2-c2ccc(N(c3cccc4c3oc3ccccc34)c3cccc4oc5cc6c(cc5c34)-c3ccccc3C63c4ccccc4Sc4ccccc43)cc21. The molecule has 4 heteroatoms. The van der Waals surface area contributed by atoms with E-state index in [9.17, 15) is 0 Å². The van der Waals surface area contributed by atoms with Crippen LogP contribution in [0.4, 0.5) is 17.1 Å². The fourth-order valence-corrected chi connectivity index (χ4v) is 12.7. The highest BCUT2D eigenvalue weighted by atomic mass is 32.2. The first-order valence-corrected chi connectivity index (χ1v) is 22.2. The summed E-state index contributed by atoms with van der Waals surface area (Å²) in [7, 11) is 0. The highest BCUT2D eigenvalue weighted by Gasteiger charge is 2.50. The number of fused-ring (bicyclic) bond motifs is 18. The molecule has 0 saturated carbocycles. The van der Waals surface area contributed by atoms with Crippen LogP contribution in [0.2, 0.25) is 0 Å². The molecule has 9 aromatic carbocycles. The fourth-order valence-electron chi connectivity index (χ4n) is 11.5. The largest absolute Gasteiger partial charge is 0.456 e. The number of hydrogen-bond acceptors (Lipinski definition) is 4. The summed E-state index contributed by atoms with van der Waals surface area (Å²) in [4.78, 5) is 4.99. The minimum Gasteiger partial charge on any atom is -0.456 e. The predicted molar refractivity (Wildman–Crippen MR) is 255 cm³/mol. The smallest absolute Gasteiger partial charge is 0.159 e. The number of furan rings is 2. The van der Waals surface area contributed by atoms with Crippen molar-refractivity contribution in [2.45, 2.75) is 34.5 Å². The van der Waals surface area contributed by atoms with Crippen molar-refractivity contribution in [2.24, 2.45) is 0 Å². The molecular formula is C58H37NO2S. The van der Waals surface area contributed by atoms with Gasteiger partial charge in [-0.25, -0.2) is 0 Å². The zero-order valence-corrected chi connectivity index (χ0v) is 34.9. The molecule has 3 heterocycles. The number of hydrogen-bond donors (Lipinski definition) is 0. The molecule has 0 N–H and O–H groups in total. The quantitative estimate of drug-likeness (QED) is 0.178. The number of anilines is 3. The second kappa shape index (κ2) is 12.2. The van der Waals surface area contributed by atoms with Crippen LogP contribution in [0.1, 0.15) is 47.2 Å². The summed E-state index contributed by atoms with van der Waals surface area (Å²) in [6.07, 6.45) is 0. The Bertz CT molecular complexity index is 3690. The van der Waals surface area contributed by atoms with E-state index in [-0.39, 0.29) is 5.41 Å². The first kappa shape index (κ1) is 34.4. The van der Waals surface area contributed by atoms with Crippen LogP contribution in [-0.4, -0.2) is 0 Å². The molecule has 1 aliphatic heterocycles. The average molecular weight is 812 g/mol. The van der Waals surface area contributed by atoms with Crippen LogP contribution in [0, 0.1) is 0 Å². The van der Waals surface area contributed by atoms with Gasteiger partial charge in [-0.3, -0.25) is 0 Å². The number of benzene rings is 9. The molecule has 14 rings (SSSR count). The lowest BCUT2D eigenvalue weighted by Gasteiger charge is -2.39. The molecule has 0 fully saturated rings. The molecule has 1 spiro atoms. The molecule has 0 saturated heterocycles. The Labute approximate surface area is 362 Å². The monoisotopic (exact) mass is 811 g/mol. The van der Waals surface area contributed by atoms with Crippen molar-refractivity contribution in [3.05, 3.63) is 221 Å². The van der Waals surface area contributed by atoms with Gasteiger partial charge in [0.25, 0.3) is 0 Å². The standard InChI is InChI=1S/C58H37NO2S/c1-57(2)42-19-6-3-15-35(42)37-30-29-34(31-46(37)57)59(49-24-13-18-39-38-17-5-10-25-50(38)61-56(39)49)48-23-14-26-51-55(48)41-32-40-36-16-4-7-20-43(36)58(47(40)33-52(41)60-51)44-21-8-11-27-53(44)62-54-28-12-9-22-45(54)58/h3-33H,1-2H3. The molecule has 2 aromatic heterocycles. The molecule has 292 valence electrons. The normalized spacial score (nSPS) is 14.8. The van der Waals surface area contributed by atoms with Gasteiger partial charge in [-0.05, 0) is 116 Å². The van der Waals surface area contributed by atoms with Crippen LogP contribution < -0.4 is 4.90 Å². The Morgan fingerprint density at radius 3 is 1.82 bits per heavy atom.